The molecule has 0 aliphatic carbocycles. The highest BCUT2D eigenvalue weighted by atomic mass is 31.1. The van der Waals surface area contributed by atoms with Gasteiger partial charge in [0.05, 0.1) is 0 Å². The summed E-state index contributed by atoms with van der Waals surface area (Å²) in [6, 6.07) is 0. The molecule has 0 bridgehead atoms. The van der Waals surface area contributed by atoms with Crippen molar-refractivity contribution in [3.63, 3.8) is 0 Å². The minimum absolute atomic E-state index is 1.23. The van der Waals surface area contributed by atoms with E-state index in [1.54, 1.807) is 0 Å². The van der Waals surface area contributed by atoms with Gasteiger partial charge in [0.1, 0.15) is 0 Å². The Balaban J connectivity index is 2.08. The second-order valence-electron chi connectivity index (χ2n) is 1.42. The third-order valence-corrected chi connectivity index (χ3v) is 2.29. The van der Waals surface area contributed by atoms with Crippen LogP contribution in [0.15, 0.2) is 0 Å². The van der Waals surface area contributed by atoms with Gasteiger partial charge in [-0.1, -0.05) is 8.58 Å². The normalized spacial score (nSPS) is 25.8. The summed E-state index contributed by atoms with van der Waals surface area (Å²) in [5, 5.41) is 0. The number of hydrogen-bond acceptors (Lipinski definition) is 1. The topological polar surface area (TPSA) is 3.24 Å². The Bertz CT molecular complexity index is 33.9. The summed E-state index contributed by atoms with van der Waals surface area (Å²) >= 11 is 0. The first-order chi connectivity index (χ1) is 2.39. The van der Waals surface area contributed by atoms with E-state index in [1.807, 2.05) is 0 Å². The predicted octanol–water partition coefficient (Wildman–Crippen LogP) is 0.525. The Hall–Kier alpha value is 0.390. The van der Waals surface area contributed by atoms with Crippen LogP contribution in [-0.4, -0.2) is 24.5 Å². The Morgan fingerprint density at radius 3 is 2.00 bits per heavy atom. The Kier molecular flexibility index (Phi) is 0.884. The Morgan fingerprint density at radius 2 is 2.00 bits per heavy atom. The third kappa shape index (κ3) is 0.614. The molecule has 0 N–H and O–H groups in total. The lowest BCUT2D eigenvalue weighted by Gasteiger charge is -2.24. The fourth-order valence-corrected chi connectivity index (χ4v) is 1.01. The lowest BCUT2D eigenvalue weighted by Crippen LogP contribution is -2.24. The summed E-state index contributed by atoms with van der Waals surface area (Å²) in [5.41, 5.74) is 0. The SMILES string of the molecule is CN1CPC1. The van der Waals surface area contributed by atoms with Crippen molar-refractivity contribution < 1.29 is 0 Å². The quantitative estimate of drug-likeness (QED) is 0.391. The van der Waals surface area contributed by atoms with E-state index >= 15 is 0 Å². The molecule has 1 saturated heterocycles. The maximum atomic E-state index is 2.32. The zero-order valence-electron chi connectivity index (χ0n) is 3.36. The molecule has 0 atom stereocenters. The molecule has 1 aliphatic heterocycles. The van der Waals surface area contributed by atoms with Crippen LogP contribution < -0.4 is 0 Å². The molecule has 1 heterocycles. The minimum atomic E-state index is 1.23. The highest BCUT2D eigenvalue weighted by Gasteiger charge is 2.04. The van der Waals surface area contributed by atoms with Gasteiger partial charge in [-0.3, -0.25) is 4.90 Å². The van der Waals surface area contributed by atoms with Gasteiger partial charge >= 0.3 is 0 Å². The average Bonchev–Trinajstić information content (AvgIpc) is 1.30. The van der Waals surface area contributed by atoms with Crippen LogP contribution in [0.3, 0.4) is 0 Å². The molecule has 1 aliphatic rings. The molecule has 0 aromatic carbocycles. The van der Waals surface area contributed by atoms with Crippen molar-refractivity contribution in [3.05, 3.63) is 0 Å². The van der Waals surface area contributed by atoms with E-state index in [0.717, 1.165) is 0 Å². The standard InChI is InChI=1S/C3H8NP/c1-4-2-5-3-4/h5H,2-3H2,1H3. The molecule has 0 aromatic heterocycles. The van der Waals surface area contributed by atoms with Crippen molar-refractivity contribution in [2.45, 2.75) is 0 Å². The maximum Gasteiger partial charge on any atom is 0.0168 e. The van der Waals surface area contributed by atoms with Crippen LogP contribution in [0.5, 0.6) is 0 Å². The van der Waals surface area contributed by atoms with E-state index in [-0.39, 0.29) is 0 Å². The first kappa shape index (κ1) is 3.58. The second-order valence-corrected chi connectivity index (χ2v) is 2.55. The number of rotatable bonds is 0. The molecular formula is C3H8NP. The van der Waals surface area contributed by atoms with Gasteiger partial charge in [0.15, 0.2) is 0 Å². The minimum Gasteiger partial charge on any atom is -0.299 e. The van der Waals surface area contributed by atoms with Crippen LogP contribution in [0, 0.1) is 0 Å². The van der Waals surface area contributed by atoms with E-state index < -0.39 is 0 Å². The summed E-state index contributed by atoms with van der Waals surface area (Å²) in [6.45, 7) is 0. The van der Waals surface area contributed by atoms with Crippen molar-refractivity contribution in [1.82, 2.24) is 4.90 Å². The molecule has 0 aromatic rings. The van der Waals surface area contributed by atoms with Crippen molar-refractivity contribution in [2.24, 2.45) is 0 Å². The first-order valence-corrected chi connectivity index (χ1v) is 3.20. The Morgan fingerprint density at radius 1 is 1.60 bits per heavy atom. The van der Waals surface area contributed by atoms with Gasteiger partial charge in [0.2, 0.25) is 0 Å². The zero-order chi connectivity index (χ0) is 3.70. The fraction of sp³-hybridized carbons (Fsp3) is 1.00. The van der Waals surface area contributed by atoms with Gasteiger partial charge in [-0.25, -0.2) is 0 Å². The van der Waals surface area contributed by atoms with E-state index in [4.69, 9.17) is 0 Å². The lowest BCUT2D eigenvalue weighted by molar-refractivity contribution is 0.423. The molecule has 1 fully saturated rings. The van der Waals surface area contributed by atoms with Crippen molar-refractivity contribution in [3.8, 4) is 0 Å². The van der Waals surface area contributed by atoms with Crippen LogP contribution >= 0.6 is 8.58 Å². The van der Waals surface area contributed by atoms with Gasteiger partial charge in [-0.15, -0.1) is 0 Å². The smallest absolute Gasteiger partial charge is 0.0168 e. The molecule has 1 rings (SSSR count). The van der Waals surface area contributed by atoms with E-state index in [0.29, 0.717) is 0 Å². The molecule has 0 saturated carbocycles. The first-order valence-electron chi connectivity index (χ1n) is 1.79. The highest BCUT2D eigenvalue weighted by Crippen LogP contribution is 2.22. The van der Waals surface area contributed by atoms with Gasteiger partial charge in [-0.2, -0.15) is 0 Å². The van der Waals surface area contributed by atoms with E-state index in [2.05, 4.69) is 11.9 Å². The molecule has 0 spiro atoms. The van der Waals surface area contributed by atoms with Crippen molar-refractivity contribution >= 4 is 8.58 Å². The molecule has 2 heteroatoms. The molecule has 1 nitrogen and oxygen atoms in total. The maximum absolute atomic E-state index is 2.32. The summed E-state index contributed by atoms with van der Waals surface area (Å²) in [7, 11) is 3.38. The predicted molar refractivity (Wildman–Crippen MR) is 25.8 cm³/mol. The summed E-state index contributed by atoms with van der Waals surface area (Å²) < 4.78 is 0. The zero-order valence-corrected chi connectivity index (χ0v) is 4.36. The Labute approximate surface area is 34.1 Å². The van der Waals surface area contributed by atoms with Crippen LogP contribution in [-0.2, 0) is 0 Å². The van der Waals surface area contributed by atoms with Crippen molar-refractivity contribution in [1.29, 1.82) is 0 Å². The molecule has 0 amide bonds. The van der Waals surface area contributed by atoms with E-state index in [9.17, 15) is 0 Å². The van der Waals surface area contributed by atoms with Gasteiger partial charge in [-0.05, 0) is 7.05 Å². The molecular weight excluding hydrogens is 81.0 g/mol. The molecule has 0 radical (unpaired) electrons. The number of hydrogen-bond donors (Lipinski definition) is 0. The van der Waals surface area contributed by atoms with Crippen LogP contribution in [0.2, 0.25) is 0 Å². The van der Waals surface area contributed by atoms with Crippen LogP contribution in [0.4, 0.5) is 0 Å². The highest BCUT2D eigenvalue weighted by molar-refractivity contribution is 7.39. The lowest BCUT2D eigenvalue weighted by atomic mass is 11.0. The van der Waals surface area contributed by atoms with Gasteiger partial charge in [0, 0.05) is 12.6 Å². The molecule has 0 unspecified atom stereocenters. The van der Waals surface area contributed by atoms with E-state index in [1.165, 1.54) is 21.2 Å². The average molecular weight is 89.1 g/mol. The van der Waals surface area contributed by atoms with Crippen LogP contribution in [0.25, 0.3) is 0 Å². The largest absolute Gasteiger partial charge is 0.299 e. The van der Waals surface area contributed by atoms with Gasteiger partial charge < -0.3 is 0 Å². The van der Waals surface area contributed by atoms with Gasteiger partial charge in [0.25, 0.3) is 0 Å². The monoisotopic (exact) mass is 89.0 g/mol. The summed E-state index contributed by atoms with van der Waals surface area (Å²) in [6.07, 6.45) is 2.69. The summed E-state index contributed by atoms with van der Waals surface area (Å²) in [4.78, 5) is 2.32. The number of nitrogens with zero attached hydrogens (tertiary/aromatic N) is 1. The molecule has 30 valence electrons. The second kappa shape index (κ2) is 1.24. The fourth-order valence-electron chi connectivity index (χ4n) is 0.335. The van der Waals surface area contributed by atoms with Crippen LogP contribution in [0.1, 0.15) is 0 Å². The third-order valence-electron chi connectivity index (χ3n) is 0.763. The van der Waals surface area contributed by atoms with Crippen molar-refractivity contribution in [2.75, 3.05) is 19.6 Å². The molecule has 5 heavy (non-hydrogen) atoms. The summed E-state index contributed by atoms with van der Waals surface area (Å²) in [5.74, 6) is 0.